The van der Waals surface area contributed by atoms with Gasteiger partial charge in [-0.3, -0.25) is 4.79 Å². The number of aryl methyl sites for hydroxylation is 1. The molecule has 0 radical (unpaired) electrons. The van der Waals surface area contributed by atoms with Crippen molar-refractivity contribution in [2.24, 2.45) is 0 Å². The van der Waals surface area contributed by atoms with E-state index in [1.807, 2.05) is 12.1 Å². The fourth-order valence-electron chi connectivity index (χ4n) is 4.36. The van der Waals surface area contributed by atoms with Crippen molar-refractivity contribution < 1.29 is 14.3 Å². The van der Waals surface area contributed by atoms with E-state index in [1.54, 1.807) is 0 Å². The Morgan fingerprint density at radius 1 is 1.17 bits per heavy atom. The van der Waals surface area contributed by atoms with E-state index in [-0.39, 0.29) is 5.91 Å². The van der Waals surface area contributed by atoms with Crippen molar-refractivity contribution in [3.05, 3.63) is 60.2 Å². The zero-order chi connectivity index (χ0) is 20.7. The fraction of sp³-hybridized carbons (Fsp3) is 0.240. The van der Waals surface area contributed by atoms with Crippen LogP contribution in [-0.4, -0.2) is 30.2 Å². The maximum Gasteiger partial charge on any atom is 0.216 e. The molecule has 1 aliphatic heterocycles. The van der Waals surface area contributed by atoms with Gasteiger partial charge >= 0.3 is 0 Å². The molecule has 5 nitrogen and oxygen atoms in total. The highest BCUT2D eigenvalue weighted by atomic mass is 16.5. The van der Waals surface area contributed by atoms with Crippen molar-refractivity contribution in [1.82, 2.24) is 9.88 Å². The number of amides is 1. The second-order valence-corrected chi connectivity index (χ2v) is 7.67. The molecule has 0 atom stereocenters. The molecule has 1 amide bonds. The van der Waals surface area contributed by atoms with Crippen LogP contribution in [0.3, 0.4) is 0 Å². The predicted octanol–water partition coefficient (Wildman–Crippen LogP) is 4.68. The number of hydrogen-bond acceptors (Lipinski definition) is 3. The van der Waals surface area contributed by atoms with Gasteiger partial charge < -0.3 is 19.4 Å². The molecule has 0 saturated heterocycles. The number of rotatable bonds is 5. The number of aromatic nitrogens is 1. The van der Waals surface area contributed by atoms with Crippen molar-refractivity contribution in [1.29, 1.82) is 0 Å². The molecule has 0 fully saturated rings. The Hall–Kier alpha value is -3.47. The van der Waals surface area contributed by atoms with E-state index in [0.717, 1.165) is 45.4 Å². The van der Waals surface area contributed by atoms with E-state index >= 15 is 0 Å². The Bertz CT molecular complexity index is 1270. The minimum Gasteiger partial charge on any atom is -0.491 e. The molecule has 0 aliphatic carbocycles. The summed E-state index contributed by atoms with van der Waals surface area (Å²) in [6.07, 6.45) is 0. The van der Waals surface area contributed by atoms with Gasteiger partial charge in [0.15, 0.2) is 0 Å². The monoisotopic (exact) mass is 400 g/mol. The van der Waals surface area contributed by atoms with Crippen LogP contribution >= 0.6 is 0 Å². The summed E-state index contributed by atoms with van der Waals surface area (Å²) in [5.41, 5.74) is 5.84. The molecule has 5 rings (SSSR count). The molecule has 30 heavy (non-hydrogen) atoms. The Kier molecular flexibility index (Phi) is 4.58. The average Bonchev–Trinajstić information content (AvgIpc) is 3.07. The number of hydrogen-bond donors (Lipinski definition) is 1. The summed E-state index contributed by atoms with van der Waals surface area (Å²) in [6, 6.07) is 19.0. The molecule has 0 bridgehead atoms. The molecule has 0 spiro atoms. The SMILES string of the molecule is CC(=O)NCCOc1cccc2c1c1cc(-c3ccccc3C)cc3c1n2CCO3. The first-order chi connectivity index (χ1) is 14.6. The maximum atomic E-state index is 11.1. The van der Waals surface area contributed by atoms with Crippen LogP contribution in [0.4, 0.5) is 0 Å². The molecule has 5 heteroatoms. The van der Waals surface area contributed by atoms with Crippen LogP contribution in [0, 0.1) is 6.92 Å². The summed E-state index contributed by atoms with van der Waals surface area (Å²) in [4.78, 5) is 11.1. The summed E-state index contributed by atoms with van der Waals surface area (Å²) < 4.78 is 14.5. The summed E-state index contributed by atoms with van der Waals surface area (Å²) in [7, 11) is 0. The van der Waals surface area contributed by atoms with Crippen LogP contribution in [0.15, 0.2) is 54.6 Å². The van der Waals surface area contributed by atoms with E-state index in [9.17, 15) is 4.79 Å². The highest BCUT2D eigenvalue weighted by Crippen LogP contribution is 2.43. The Labute approximate surface area is 175 Å². The average molecular weight is 400 g/mol. The van der Waals surface area contributed by atoms with Crippen molar-refractivity contribution in [2.75, 3.05) is 19.8 Å². The van der Waals surface area contributed by atoms with Gasteiger partial charge in [-0.15, -0.1) is 0 Å². The first-order valence-electron chi connectivity index (χ1n) is 10.3. The van der Waals surface area contributed by atoms with Gasteiger partial charge in [0.2, 0.25) is 5.91 Å². The van der Waals surface area contributed by atoms with Gasteiger partial charge in [-0.25, -0.2) is 0 Å². The van der Waals surface area contributed by atoms with Gasteiger partial charge in [0.05, 0.1) is 24.1 Å². The van der Waals surface area contributed by atoms with Gasteiger partial charge in [0.25, 0.3) is 0 Å². The van der Waals surface area contributed by atoms with Crippen LogP contribution in [0.25, 0.3) is 32.9 Å². The van der Waals surface area contributed by atoms with Crippen molar-refractivity contribution >= 4 is 27.7 Å². The lowest BCUT2D eigenvalue weighted by Gasteiger charge is -2.19. The van der Waals surface area contributed by atoms with E-state index in [2.05, 4.69) is 59.3 Å². The number of ether oxygens (including phenoxy) is 2. The number of carbonyl (C=O) groups is 1. The second kappa shape index (κ2) is 7.41. The molecular formula is C25H24N2O3. The third kappa shape index (κ3) is 3.07. The lowest BCUT2D eigenvalue weighted by Crippen LogP contribution is -2.25. The largest absolute Gasteiger partial charge is 0.491 e. The number of carbonyl (C=O) groups excluding carboxylic acids is 1. The first-order valence-corrected chi connectivity index (χ1v) is 10.3. The number of nitrogens with zero attached hydrogens (tertiary/aromatic N) is 1. The lowest BCUT2D eigenvalue weighted by atomic mass is 9.98. The summed E-state index contributed by atoms with van der Waals surface area (Å²) in [5, 5.41) is 5.01. The Morgan fingerprint density at radius 3 is 2.87 bits per heavy atom. The highest BCUT2D eigenvalue weighted by molar-refractivity contribution is 6.14. The standard InChI is InChI=1S/C25H24N2O3/c1-16-6-3-4-7-19(16)18-14-20-24-21(27-11-13-30-23(15-18)25(20)27)8-5-9-22(24)29-12-10-26-17(2)28/h3-9,14-15H,10-13H2,1-2H3,(H,26,28). The van der Waals surface area contributed by atoms with Crippen LogP contribution < -0.4 is 14.8 Å². The van der Waals surface area contributed by atoms with Gasteiger partial charge in [0.1, 0.15) is 24.7 Å². The summed E-state index contributed by atoms with van der Waals surface area (Å²) in [5.74, 6) is 1.69. The third-order valence-electron chi connectivity index (χ3n) is 5.67. The van der Waals surface area contributed by atoms with Crippen LogP contribution in [0.1, 0.15) is 12.5 Å². The molecule has 1 aliphatic rings. The summed E-state index contributed by atoms with van der Waals surface area (Å²) >= 11 is 0. The van der Waals surface area contributed by atoms with Crippen molar-refractivity contribution in [3.8, 4) is 22.6 Å². The molecule has 0 unspecified atom stereocenters. The molecular weight excluding hydrogens is 376 g/mol. The number of fused-ring (bicyclic) bond motifs is 3. The smallest absolute Gasteiger partial charge is 0.216 e. The van der Waals surface area contributed by atoms with Gasteiger partial charge in [-0.1, -0.05) is 30.3 Å². The normalized spacial score (nSPS) is 12.7. The second-order valence-electron chi connectivity index (χ2n) is 7.67. The Morgan fingerprint density at radius 2 is 2.03 bits per heavy atom. The number of benzene rings is 3. The molecule has 1 N–H and O–H groups in total. The van der Waals surface area contributed by atoms with Crippen molar-refractivity contribution in [2.45, 2.75) is 20.4 Å². The molecule has 4 aromatic rings. The molecule has 2 heterocycles. The zero-order valence-corrected chi connectivity index (χ0v) is 17.2. The molecule has 3 aromatic carbocycles. The van der Waals surface area contributed by atoms with Gasteiger partial charge in [0, 0.05) is 17.7 Å². The molecule has 1 aromatic heterocycles. The van der Waals surface area contributed by atoms with Gasteiger partial charge in [-0.2, -0.15) is 0 Å². The van der Waals surface area contributed by atoms with Crippen LogP contribution in [0.2, 0.25) is 0 Å². The fourth-order valence-corrected chi connectivity index (χ4v) is 4.36. The highest BCUT2D eigenvalue weighted by Gasteiger charge is 2.22. The molecule has 152 valence electrons. The minimum atomic E-state index is -0.0519. The van der Waals surface area contributed by atoms with E-state index in [4.69, 9.17) is 9.47 Å². The molecule has 0 saturated carbocycles. The number of nitrogens with one attached hydrogen (secondary N) is 1. The third-order valence-corrected chi connectivity index (χ3v) is 5.67. The predicted molar refractivity (Wildman–Crippen MR) is 119 cm³/mol. The quantitative estimate of drug-likeness (QED) is 0.495. The summed E-state index contributed by atoms with van der Waals surface area (Å²) in [6.45, 7) is 6.01. The van der Waals surface area contributed by atoms with E-state index in [0.29, 0.717) is 19.8 Å². The van der Waals surface area contributed by atoms with Gasteiger partial charge in [-0.05, 0) is 47.9 Å². The van der Waals surface area contributed by atoms with Crippen LogP contribution in [-0.2, 0) is 11.3 Å². The minimum absolute atomic E-state index is 0.0519. The zero-order valence-electron chi connectivity index (χ0n) is 17.2. The van der Waals surface area contributed by atoms with E-state index in [1.165, 1.54) is 18.1 Å². The lowest BCUT2D eigenvalue weighted by molar-refractivity contribution is -0.119. The first kappa shape index (κ1) is 18.6. The van der Waals surface area contributed by atoms with Crippen LogP contribution in [0.5, 0.6) is 11.5 Å². The van der Waals surface area contributed by atoms with Crippen molar-refractivity contribution in [3.63, 3.8) is 0 Å². The topological polar surface area (TPSA) is 52.5 Å². The maximum absolute atomic E-state index is 11.1. The Balaban J connectivity index is 1.69. The van der Waals surface area contributed by atoms with E-state index < -0.39 is 0 Å².